The smallest absolute Gasteiger partial charge is 0.390 e. The molecule has 9 heteroatoms. The molecule has 0 saturated carbocycles. The molecule has 5 nitrogen and oxygen atoms in total. The molecule has 0 atom stereocenters. The van der Waals surface area contributed by atoms with E-state index in [0.717, 1.165) is 5.56 Å². The van der Waals surface area contributed by atoms with E-state index in [0.29, 0.717) is 5.15 Å². The number of hydrogen-bond acceptors (Lipinski definition) is 3. The predicted molar refractivity (Wildman–Crippen MR) is 88.0 cm³/mol. The molecule has 0 radical (unpaired) electrons. The van der Waals surface area contributed by atoms with E-state index in [1.165, 1.54) is 22.9 Å². The van der Waals surface area contributed by atoms with Crippen molar-refractivity contribution in [1.29, 1.82) is 0 Å². The molecule has 0 unspecified atom stereocenters. The number of hydrogen-bond donors (Lipinski definition) is 0. The third-order valence-electron chi connectivity index (χ3n) is 2.88. The van der Waals surface area contributed by atoms with Gasteiger partial charge in [0, 0.05) is 12.4 Å². The summed E-state index contributed by atoms with van der Waals surface area (Å²) >= 11 is 5.73. The highest BCUT2D eigenvalue weighted by Gasteiger charge is 2.37. The van der Waals surface area contributed by atoms with Gasteiger partial charge in [0.1, 0.15) is 17.2 Å². The van der Waals surface area contributed by atoms with Crippen LogP contribution in [0.1, 0.15) is 5.56 Å². The average molecular weight is 371 g/mol. The van der Waals surface area contributed by atoms with Gasteiger partial charge in [-0.15, -0.1) is 0 Å². The molecule has 0 aromatic carbocycles. The van der Waals surface area contributed by atoms with Crippen LogP contribution >= 0.6 is 11.6 Å². The Morgan fingerprint density at radius 2 is 2.12 bits per heavy atom. The van der Waals surface area contributed by atoms with Crippen LogP contribution in [0.4, 0.5) is 13.2 Å². The van der Waals surface area contributed by atoms with E-state index in [1.54, 1.807) is 30.5 Å². The fourth-order valence-corrected chi connectivity index (χ4v) is 1.91. The fourth-order valence-electron chi connectivity index (χ4n) is 1.79. The third kappa shape index (κ3) is 5.75. The Kier molecular flexibility index (Phi) is 6.35. The normalized spacial score (nSPS) is 13.0. The molecule has 0 aliphatic heterocycles. The highest BCUT2D eigenvalue weighted by Crippen LogP contribution is 2.18. The van der Waals surface area contributed by atoms with Crippen molar-refractivity contribution in [2.45, 2.75) is 12.7 Å². The molecule has 2 aromatic heterocycles. The summed E-state index contributed by atoms with van der Waals surface area (Å²) in [5, 5.41) is 3.38. The van der Waals surface area contributed by atoms with Gasteiger partial charge in [-0.25, -0.2) is 9.98 Å². The summed E-state index contributed by atoms with van der Waals surface area (Å²) in [6.07, 6.45) is -0.325. The van der Waals surface area contributed by atoms with Crippen LogP contribution in [-0.4, -0.2) is 28.2 Å². The Hall–Kier alpha value is -2.61. The van der Waals surface area contributed by atoms with Crippen LogP contribution in [0.2, 0.25) is 5.15 Å². The minimum atomic E-state index is -4.75. The molecular weight excluding hydrogens is 357 g/mol. The van der Waals surface area contributed by atoms with Gasteiger partial charge in [-0.2, -0.15) is 13.2 Å². The Morgan fingerprint density at radius 3 is 2.76 bits per heavy atom. The molecule has 2 rings (SSSR count). The van der Waals surface area contributed by atoms with Crippen LogP contribution in [-0.2, 0) is 11.4 Å². The van der Waals surface area contributed by atoms with E-state index in [2.05, 4.69) is 26.5 Å². The monoisotopic (exact) mass is 370 g/mol. The molecule has 0 amide bonds. The van der Waals surface area contributed by atoms with E-state index in [-0.39, 0.29) is 18.6 Å². The number of aromatic nitrogens is 2. The second kappa shape index (κ2) is 8.48. The van der Waals surface area contributed by atoms with E-state index in [9.17, 15) is 13.2 Å². The fraction of sp³-hybridized carbons (Fsp3) is 0.188. The van der Waals surface area contributed by atoms with Crippen molar-refractivity contribution in [2.75, 3.05) is 6.61 Å². The lowest BCUT2D eigenvalue weighted by atomic mass is 10.3. The topological polar surface area (TPSA) is 51.8 Å². The summed E-state index contributed by atoms with van der Waals surface area (Å²) in [5.74, 6) is -1.39. The number of amidine groups is 1. The van der Waals surface area contributed by atoms with Gasteiger partial charge in [-0.3, -0.25) is 0 Å². The molecule has 2 aromatic rings. The van der Waals surface area contributed by atoms with Gasteiger partial charge in [0.05, 0.1) is 6.54 Å². The van der Waals surface area contributed by atoms with E-state index in [1.807, 2.05) is 0 Å². The molecular formula is C16H14ClF3N4O. The summed E-state index contributed by atoms with van der Waals surface area (Å²) in [5.41, 5.74) is 0.821. The summed E-state index contributed by atoms with van der Waals surface area (Å²) in [4.78, 5) is 12.1. The first kappa shape index (κ1) is 18.7. The summed E-state index contributed by atoms with van der Waals surface area (Å²) in [6, 6.07) is 8.03. The molecule has 0 fully saturated rings. The van der Waals surface area contributed by atoms with Crippen LogP contribution < -0.4 is 5.49 Å². The summed E-state index contributed by atoms with van der Waals surface area (Å²) in [7, 11) is 0. The summed E-state index contributed by atoms with van der Waals surface area (Å²) in [6.45, 7) is 3.46. The SMILES string of the molecule is C=CCON=C(N=c1ccccn1Cc1ccc(Cl)nc1)C(F)(F)F. The van der Waals surface area contributed by atoms with Crippen LogP contribution in [0.3, 0.4) is 0 Å². The van der Waals surface area contributed by atoms with Crippen molar-refractivity contribution in [3.05, 3.63) is 71.6 Å². The maximum atomic E-state index is 13.1. The first-order valence-corrected chi connectivity index (χ1v) is 7.46. The number of nitrogens with zero attached hydrogens (tertiary/aromatic N) is 4. The van der Waals surface area contributed by atoms with E-state index < -0.39 is 12.0 Å². The second-order valence-corrected chi connectivity index (χ2v) is 5.17. The predicted octanol–water partition coefficient (Wildman–Crippen LogP) is 3.56. The molecule has 0 spiro atoms. The molecule has 0 N–H and O–H groups in total. The lowest BCUT2D eigenvalue weighted by molar-refractivity contribution is -0.0631. The van der Waals surface area contributed by atoms with Crippen molar-refractivity contribution in [2.24, 2.45) is 10.1 Å². The van der Waals surface area contributed by atoms with Gasteiger partial charge < -0.3 is 9.40 Å². The highest BCUT2D eigenvalue weighted by molar-refractivity contribution is 6.29. The molecule has 132 valence electrons. The maximum absolute atomic E-state index is 13.1. The van der Waals surface area contributed by atoms with Gasteiger partial charge in [0.25, 0.3) is 5.84 Å². The minimum Gasteiger partial charge on any atom is -0.390 e. The third-order valence-corrected chi connectivity index (χ3v) is 3.10. The number of alkyl halides is 3. The van der Waals surface area contributed by atoms with E-state index in [4.69, 9.17) is 11.6 Å². The molecule has 2 heterocycles. The number of pyridine rings is 2. The maximum Gasteiger partial charge on any atom is 0.455 e. The zero-order valence-corrected chi connectivity index (χ0v) is 13.7. The minimum absolute atomic E-state index is 0.0655. The van der Waals surface area contributed by atoms with Crippen molar-refractivity contribution in [1.82, 2.24) is 9.55 Å². The van der Waals surface area contributed by atoms with Crippen molar-refractivity contribution >= 4 is 17.4 Å². The molecule has 0 aliphatic rings. The number of oxime groups is 1. The number of halogens is 4. The van der Waals surface area contributed by atoms with Gasteiger partial charge in [-0.1, -0.05) is 41.5 Å². The zero-order valence-electron chi connectivity index (χ0n) is 12.9. The zero-order chi connectivity index (χ0) is 18.3. The second-order valence-electron chi connectivity index (χ2n) is 4.78. The Morgan fingerprint density at radius 1 is 1.32 bits per heavy atom. The summed E-state index contributed by atoms with van der Waals surface area (Å²) < 4.78 is 40.7. The van der Waals surface area contributed by atoms with Crippen LogP contribution in [0.25, 0.3) is 0 Å². The Labute approximate surface area is 146 Å². The highest BCUT2D eigenvalue weighted by atomic mass is 35.5. The number of rotatable bonds is 5. The average Bonchev–Trinajstić information content (AvgIpc) is 2.57. The van der Waals surface area contributed by atoms with Gasteiger partial charge in [0.15, 0.2) is 0 Å². The van der Waals surface area contributed by atoms with Gasteiger partial charge in [0.2, 0.25) is 0 Å². The molecule has 0 saturated heterocycles. The van der Waals surface area contributed by atoms with Gasteiger partial charge >= 0.3 is 6.18 Å². The van der Waals surface area contributed by atoms with Crippen molar-refractivity contribution < 1.29 is 18.0 Å². The van der Waals surface area contributed by atoms with Crippen LogP contribution in [0.5, 0.6) is 0 Å². The van der Waals surface area contributed by atoms with Crippen LogP contribution in [0.15, 0.2) is 65.5 Å². The van der Waals surface area contributed by atoms with Crippen molar-refractivity contribution in [3.63, 3.8) is 0 Å². The first-order valence-electron chi connectivity index (χ1n) is 7.09. The standard InChI is InChI=1S/C16H14ClF3N4O/c1-2-9-25-23-15(16(18,19)20)22-14-5-3-4-8-24(14)11-12-6-7-13(17)21-10-12/h2-8,10H,1,9,11H2. The molecule has 25 heavy (non-hydrogen) atoms. The van der Waals surface area contributed by atoms with Gasteiger partial charge in [-0.05, 0) is 23.8 Å². The molecule has 0 bridgehead atoms. The quantitative estimate of drug-likeness (QED) is 0.202. The Balaban J connectivity index is 2.39. The van der Waals surface area contributed by atoms with E-state index >= 15 is 0 Å². The molecule has 0 aliphatic carbocycles. The largest absolute Gasteiger partial charge is 0.455 e. The Bertz CT molecular complexity index is 813. The van der Waals surface area contributed by atoms with Crippen LogP contribution in [0, 0.1) is 0 Å². The lowest BCUT2D eigenvalue weighted by Crippen LogP contribution is -2.28. The first-order chi connectivity index (χ1) is 11.9. The van der Waals surface area contributed by atoms with Crippen molar-refractivity contribution in [3.8, 4) is 0 Å². The lowest BCUT2D eigenvalue weighted by Gasteiger charge is -2.09.